The topological polar surface area (TPSA) is 49.4 Å². The van der Waals surface area contributed by atoms with Gasteiger partial charge >= 0.3 is 0 Å². The van der Waals surface area contributed by atoms with Gasteiger partial charge in [-0.1, -0.05) is 49.2 Å². The normalized spacial score (nSPS) is 14.5. The van der Waals surface area contributed by atoms with Crippen molar-refractivity contribution in [3.8, 4) is 0 Å². The minimum absolute atomic E-state index is 0.168. The second kappa shape index (κ2) is 7.75. The van der Waals surface area contributed by atoms with E-state index in [4.69, 9.17) is 23.2 Å². The maximum Gasteiger partial charge on any atom is 0.278 e. The zero-order chi connectivity index (χ0) is 19.7. The summed E-state index contributed by atoms with van der Waals surface area (Å²) in [5.41, 5.74) is 2.89. The van der Waals surface area contributed by atoms with Crippen LogP contribution in [0.1, 0.15) is 25.0 Å². The summed E-state index contributed by atoms with van der Waals surface area (Å²) in [5, 5.41) is 4.34. The van der Waals surface area contributed by atoms with Gasteiger partial charge in [-0.2, -0.15) is 0 Å². The molecule has 1 N–H and O–H groups in total. The van der Waals surface area contributed by atoms with Crippen LogP contribution < -0.4 is 5.32 Å². The van der Waals surface area contributed by atoms with E-state index in [1.165, 1.54) is 4.90 Å². The van der Waals surface area contributed by atoms with Gasteiger partial charge in [-0.15, -0.1) is 0 Å². The molecule has 0 saturated heterocycles. The lowest BCUT2D eigenvalue weighted by Gasteiger charge is -2.17. The second-order valence-electron chi connectivity index (χ2n) is 6.96. The minimum Gasteiger partial charge on any atom is -0.350 e. The Morgan fingerprint density at radius 2 is 1.59 bits per heavy atom. The van der Waals surface area contributed by atoms with Gasteiger partial charge < -0.3 is 5.32 Å². The van der Waals surface area contributed by atoms with Gasteiger partial charge in [0.25, 0.3) is 11.8 Å². The monoisotopic (exact) mass is 402 g/mol. The summed E-state index contributed by atoms with van der Waals surface area (Å²) in [4.78, 5) is 27.3. The molecule has 2 aromatic carbocycles. The standard InChI is InChI=1S/C21H20Cl2N2O2/c1-12(2)11-25-20(26)18(14-4-6-15(22)7-5-14)19(21(25)27)24-17-9-8-16(23)10-13(17)3/h4-10,12,24H,11H2,1-3H3. The average Bonchev–Trinajstić information content (AvgIpc) is 2.82. The van der Waals surface area contributed by atoms with E-state index in [1.807, 2.05) is 20.8 Å². The molecule has 0 saturated carbocycles. The molecule has 0 spiro atoms. The highest BCUT2D eigenvalue weighted by Gasteiger charge is 2.39. The zero-order valence-electron chi connectivity index (χ0n) is 15.3. The molecule has 2 aromatic rings. The number of hydrogen-bond donors (Lipinski definition) is 1. The minimum atomic E-state index is -0.326. The van der Waals surface area contributed by atoms with Gasteiger partial charge in [-0.3, -0.25) is 14.5 Å². The van der Waals surface area contributed by atoms with Crippen molar-refractivity contribution in [2.24, 2.45) is 5.92 Å². The number of benzene rings is 2. The first-order valence-electron chi connectivity index (χ1n) is 8.67. The molecule has 0 atom stereocenters. The molecule has 140 valence electrons. The van der Waals surface area contributed by atoms with Crippen molar-refractivity contribution in [3.63, 3.8) is 0 Å². The number of rotatable bonds is 5. The molecule has 0 radical (unpaired) electrons. The Morgan fingerprint density at radius 3 is 2.19 bits per heavy atom. The van der Waals surface area contributed by atoms with Crippen molar-refractivity contribution >= 4 is 46.3 Å². The molecule has 4 nitrogen and oxygen atoms in total. The number of imide groups is 1. The van der Waals surface area contributed by atoms with Crippen molar-refractivity contribution in [3.05, 3.63) is 69.3 Å². The zero-order valence-corrected chi connectivity index (χ0v) is 16.9. The van der Waals surface area contributed by atoms with Gasteiger partial charge in [-0.25, -0.2) is 0 Å². The van der Waals surface area contributed by atoms with Crippen LogP contribution in [-0.2, 0) is 9.59 Å². The van der Waals surface area contributed by atoms with Gasteiger partial charge in [0.15, 0.2) is 0 Å². The van der Waals surface area contributed by atoms with E-state index in [0.29, 0.717) is 27.7 Å². The van der Waals surface area contributed by atoms with E-state index in [9.17, 15) is 9.59 Å². The van der Waals surface area contributed by atoms with Crippen LogP contribution in [0.3, 0.4) is 0 Å². The van der Waals surface area contributed by atoms with Crippen molar-refractivity contribution < 1.29 is 9.59 Å². The molecule has 0 fully saturated rings. The number of halogens is 2. The number of amides is 2. The molecule has 1 aliphatic heterocycles. The highest BCUT2D eigenvalue weighted by molar-refractivity contribution is 6.37. The van der Waals surface area contributed by atoms with Crippen LogP contribution in [0.2, 0.25) is 10.0 Å². The Morgan fingerprint density at radius 1 is 0.963 bits per heavy atom. The van der Waals surface area contributed by atoms with E-state index in [-0.39, 0.29) is 23.4 Å². The summed E-state index contributed by atoms with van der Waals surface area (Å²) >= 11 is 12.0. The Hall–Kier alpha value is -2.30. The van der Waals surface area contributed by atoms with E-state index in [1.54, 1.807) is 42.5 Å². The molecule has 3 rings (SSSR count). The summed E-state index contributed by atoms with van der Waals surface area (Å²) in [5.74, 6) is -0.459. The molecule has 1 aliphatic rings. The molecular formula is C21H20Cl2N2O2. The number of aryl methyl sites for hydroxylation is 1. The Bertz CT molecular complexity index is 934. The molecular weight excluding hydrogens is 383 g/mol. The number of nitrogens with zero attached hydrogens (tertiary/aromatic N) is 1. The third-order valence-electron chi connectivity index (χ3n) is 4.30. The lowest BCUT2D eigenvalue weighted by Crippen LogP contribution is -2.35. The lowest BCUT2D eigenvalue weighted by molar-refractivity contribution is -0.137. The van der Waals surface area contributed by atoms with Crippen LogP contribution in [0.4, 0.5) is 5.69 Å². The predicted molar refractivity (Wildman–Crippen MR) is 110 cm³/mol. The van der Waals surface area contributed by atoms with Crippen molar-refractivity contribution in [2.45, 2.75) is 20.8 Å². The second-order valence-corrected chi connectivity index (χ2v) is 7.83. The van der Waals surface area contributed by atoms with E-state index in [0.717, 1.165) is 11.3 Å². The highest BCUT2D eigenvalue weighted by Crippen LogP contribution is 2.32. The number of anilines is 1. The summed E-state index contributed by atoms with van der Waals surface area (Å²) in [6.07, 6.45) is 0. The third kappa shape index (κ3) is 4.02. The highest BCUT2D eigenvalue weighted by atomic mass is 35.5. The molecule has 6 heteroatoms. The smallest absolute Gasteiger partial charge is 0.278 e. The first-order valence-corrected chi connectivity index (χ1v) is 9.43. The van der Waals surface area contributed by atoms with Crippen LogP contribution in [0.15, 0.2) is 48.2 Å². The van der Waals surface area contributed by atoms with E-state index < -0.39 is 0 Å². The number of nitrogens with one attached hydrogen (secondary N) is 1. The quantitative estimate of drug-likeness (QED) is 0.703. The molecule has 0 aromatic heterocycles. The summed E-state index contributed by atoms with van der Waals surface area (Å²) in [6, 6.07) is 12.3. The van der Waals surface area contributed by atoms with Gasteiger partial charge in [-0.05, 0) is 54.3 Å². The summed E-state index contributed by atoms with van der Waals surface area (Å²) in [7, 11) is 0. The average molecular weight is 403 g/mol. The van der Waals surface area contributed by atoms with Gasteiger partial charge in [0.1, 0.15) is 5.70 Å². The molecule has 1 heterocycles. The van der Waals surface area contributed by atoms with Crippen LogP contribution in [0, 0.1) is 12.8 Å². The van der Waals surface area contributed by atoms with E-state index >= 15 is 0 Å². The van der Waals surface area contributed by atoms with Crippen LogP contribution >= 0.6 is 23.2 Å². The van der Waals surface area contributed by atoms with Crippen LogP contribution in [0.5, 0.6) is 0 Å². The third-order valence-corrected chi connectivity index (χ3v) is 4.78. The van der Waals surface area contributed by atoms with Gasteiger partial charge in [0, 0.05) is 22.3 Å². The van der Waals surface area contributed by atoms with Crippen molar-refractivity contribution in [2.75, 3.05) is 11.9 Å². The maximum absolute atomic E-state index is 13.0. The first kappa shape index (κ1) is 19.5. The fourth-order valence-corrected chi connectivity index (χ4v) is 3.36. The summed E-state index contributed by atoms with van der Waals surface area (Å²) < 4.78 is 0. The molecule has 0 unspecified atom stereocenters. The van der Waals surface area contributed by atoms with Crippen LogP contribution in [-0.4, -0.2) is 23.3 Å². The summed E-state index contributed by atoms with van der Waals surface area (Å²) in [6.45, 7) is 6.19. The van der Waals surface area contributed by atoms with Gasteiger partial charge in [0.2, 0.25) is 0 Å². The van der Waals surface area contributed by atoms with Crippen molar-refractivity contribution in [1.82, 2.24) is 4.90 Å². The lowest BCUT2D eigenvalue weighted by atomic mass is 10.0. The first-order chi connectivity index (χ1) is 12.8. The fourth-order valence-electron chi connectivity index (χ4n) is 3.01. The van der Waals surface area contributed by atoms with Gasteiger partial charge in [0.05, 0.1) is 5.57 Å². The Kier molecular flexibility index (Phi) is 5.59. The maximum atomic E-state index is 13.0. The molecule has 0 aliphatic carbocycles. The SMILES string of the molecule is Cc1cc(Cl)ccc1NC1=C(c2ccc(Cl)cc2)C(=O)N(CC(C)C)C1=O. The molecule has 27 heavy (non-hydrogen) atoms. The predicted octanol–water partition coefficient (Wildman–Crippen LogP) is 5.15. The van der Waals surface area contributed by atoms with Crippen LogP contribution in [0.25, 0.3) is 5.57 Å². The van der Waals surface area contributed by atoms with Crippen molar-refractivity contribution in [1.29, 1.82) is 0 Å². The fraction of sp³-hybridized carbons (Fsp3) is 0.238. The Labute approximate surface area is 168 Å². The number of carbonyl (C=O) groups is 2. The Balaban J connectivity index is 2.08. The van der Waals surface area contributed by atoms with E-state index in [2.05, 4.69) is 5.32 Å². The number of hydrogen-bond acceptors (Lipinski definition) is 3. The largest absolute Gasteiger partial charge is 0.350 e. The number of carbonyl (C=O) groups excluding carboxylic acids is 2. The molecule has 2 amide bonds. The molecule has 0 bridgehead atoms.